The highest BCUT2D eigenvalue weighted by Crippen LogP contribution is 2.30. The second kappa shape index (κ2) is 3.22. The molecular weight excluding hydrogens is 215 g/mol. The molecule has 0 radical (unpaired) electrons. The van der Waals surface area contributed by atoms with Crippen LogP contribution in [-0.4, -0.2) is 11.1 Å². The summed E-state index contributed by atoms with van der Waals surface area (Å²) in [7, 11) is 0. The summed E-state index contributed by atoms with van der Waals surface area (Å²) < 4.78 is 15.4. The van der Waals surface area contributed by atoms with Crippen molar-refractivity contribution in [1.82, 2.24) is 9.88 Å². The lowest BCUT2D eigenvalue weighted by molar-refractivity contribution is 0.527. The third-order valence-electron chi connectivity index (χ3n) is 2.88. The van der Waals surface area contributed by atoms with E-state index in [0.29, 0.717) is 0 Å². The number of hydrogen-bond donors (Lipinski definition) is 1. The van der Waals surface area contributed by atoms with Crippen LogP contribution >= 0.6 is 11.6 Å². The fourth-order valence-corrected chi connectivity index (χ4v) is 2.36. The van der Waals surface area contributed by atoms with E-state index in [1.54, 1.807) is 6.07 Å². The average molecular weight is 225 g/mol. The van der Waals surface area contributed by atoms with E-state index < -0.39 is 0 Å². The molecule has 15 heavy (non-hydrogen) atoms. The van der Waals surface area contributed by atoms with Gasteiger partial charge in [0, 0.05) is 30.7 Å². The summed E-state index contributed by atoms with van der Waals surface area (Å²) in [4.78, 5) is 0. The van der Waals surface area contributed by atoms with Crippen LogP contribution in [0, 0.1) is 5.82 Å². The molecule has 1 aromatic heterocycles. The number of benzene rings is 1. The monoisotopic (exact) mass is 224 g/mol. The van der Waals surface area contributed by atoms with Crippen LogP contribution in [0.3, 0.4) is 0 Å². The molecule has 0 amide bonds. The third kappa shape index (κ3) is 1.27. The zero-order chi connectivity index (χ0) is 10.4. The normalized spacial score (nSPS) is 15.6. The van der Waals surface area contributed by atoms with Crippen LogP contribution in [0.5, 0.6) is 0 Å². The molecule has 1 N–H and O–H groups in total. The molecular formula is C11H10ClFN2. The Hall–Kier alpha value is -1.06. The lowest BCUT2D eigenvalue weighted by atomic mass is 10.2. The van der Waals surface area contributed by atoms with Gasteiger partial charge < -0.3 is 9.88 Å². The number of rotatable bonds is 0. The van der Waals surface area contributed by atoms with Gasteiger partial charge in [-0.3, -0.25) is 0 Å². The maximum atomic E-state index is 13.3. The molecule has 1 aliphatic rings. The lowest BCUT2D eigenvalue weighted by Gasteiger charge is -2.17. The van der Waals surface area contributed by atoms with Crippen LogP contribution in [0.25, 0.3) is 10.9 Å². The van der Waals surface area contributed by atoms with Crippen LogP contribution < -0.4 is 5.32 Å². The van der Waals surface area contributed by atoms with E-state index in [-0.39, 0.29) is 10.8 Å². The van der Waals surface area contributed by atoms with Gasteiger partial charge in [0.25, 0.3) is 0 Å². The number of aromatic nitrogens is 1. The van der Waals surface area contributed by atoms with Gasteiger partial charge in [-0.25, -0.2) is 4.39 Å². The third-order valence-corrected chi connectivity index (χ3v) is 3.26. The molecule has 0 fully saturated rings. The molecule has 0 unspecified atom stereocenters. The first kappa shape index (κ1) is 9.19. The molecule has 4 heteroatoms. The molecule has 3 rings (SSSR count). The highest BCUT2D eigenvalue weighted by atomic mass is 35.5. The summed E-state index contributed by atoms with van der Waals surface area (Å²) in [6, 6.07) is 5.19. The van der Waals surface area contributed by atoms with Crippen molar-refractivity contribution in [3.63, 3.8) is 0 Å². The van der Waals surface area contributed by atoms with Crippen LogP contribution in [0.15, 0.2) is 18.2 Å². The van der Waals surface area contributed by atoms with Crippen molar-refractivity contribution in [3.05, 3.63) is 34.7 Å². The van der Waals surface area contributed by atoms with Gasteiger partial charge in [-0.05, 0) is 18.2 Å². The first-order valence-electron chi connectivity index (χ1n) is 4.94. The highest BCUT2D eigenvalue weighted by Gasteiger charge is 2.15. The fraction of sp³-hybridized carbons (Fsp3) is 0.273. The van der Waals surface area contributed by atoms with Gasteiger partial charge in [-0.1, -0.05) is 11.6 Å². The molecule has 0 spiro atoms. The Morgan fingerprint density at radius 1 is 1.40 bits per heavy atom. The largest absolute Gasteiger partial charge is 0.342 e. The van der Waals surface area contributed by atoms with Gasteiger partial charge in [0.05, 0.1) is 10.5 Å². The van der Waals surface area contributed by atoms with Crippen LogP contribution in [-0.2, 0) is 13.1 Å². The van der Waals surface area contributed by atoms with E-state index in [1.807, 2.05) is 6.07 Å². The van der Waals surface area contributed by atoms with Gasteiger partial charge in [-0.2, -0.15) is 0 Å². The number of halogens is 2. The van der Waals surface area contributed by atoms with Crippen molar-refractivity contribution in [3.8, 4) is 0 Å². The van der Waals surface area contributed by atoms with Crippen LogP contribution in [0.1, 0.15) is 5.69 Å². The first-order valence-corrected chi connectivity index (χ1v) is 5.32. The molecule has 0 saturated heterocycles. The maximum absolute atomic E-state index is 13.3. The Balaban J connectivity index is 2.36. The van der Waals surface area contributed by atoms with Crippen molar-refractivity contribution in [2.24, 2.45) is 0 Å². The fourth-order valence-electron chi connectivity index (χ4n) is 2.15. The highest BCUT2D eigenvalue weighted by molar-refractivity contribution is 6.35. The summed E-state index contributed by atoms with van der Waals surface area (Å²) in [6.45, 7) is 2.69. The Kier molecular flexibility index (Phi) is 1.97. The summed E-state index contributed by atoms with van der Waals surface area (Å²) in [6.07, 6.45) is 0. The molecule has 2 aromatic rings. The van der Waals surface area contributed by atoms with Gasteiger partial charge in [0.15, 0.2) is 0 Å². The van der Waals surface area contributed by atoms with Crippen molar-refractivity contribution in [2.45, 2.75) is 13.1 Å². The number of fused-ring (bicyclic) bond motifs is 3. The second-order valence-corrected chi connectivity index (χ2v) is 4.14. The standard InChI is InChI=1S/C11H10ClFN2/c12-11-8-5-7-6-14-3-4-15(7)10(8)2-1-9(11)13/h1-2,5,14H,3-4,6H2. The molecule has 78 valence electrons. The summed E-state index contributed by atoms with van der Waals surface area (Å²) >= 11 is 5.94. The van der Waals surface area contributed by atoms with Crippen molar-refractivity contribution in [2.75, 3.05) is 6.54 Å². The van der Waals surface area contributed by atoms with Gasteiger partial charge in [0.1, 0.15) is 5.82 Å². The molecule has 2 nitrogen and oxygen atoms in total. The molecule has 0 atom stereocenters. The van der Waals surface area contributed by atoms with E-state index in [9.17, 15) is 4.39 Å². The maximum Gasteiger partial charge on any atom is 0.142 e. The molecule has 0 saturated carbocycles. The number of nitrogens with zero attached hydrogens (tertiary/aromatic N) is 1. The quantitative estimate of drug-likeness (QED) is 0.728. The predicted molar refractivity (Wildman–Crippen MR) is 58.6 cm³/mol. The second-order valence-electron chi connectivity index (χ2n) is 3.76. The van der Waals surface area contributed by atoms with Crippen LogP contribution in [0.4, 0.5) is 4.39 Å². The van der Waals surface area contributed by atoms with Crippen molar-refractivity contribution in [1.29, 1.82) is 0 Å². The van der Waals surface area contributed by atoms with Gasteiger partial charge in [-0.15, -0.1) is 0 Å². The predicted octanol–water partition coefficient (Wildman–Crippen LogP) is 2.54. The minimum atomic E-state index is -0.347. The Bertz CT molecular complexity index is 533. The smallest absolute Gasteiger partial charge is 0.142 e. The molecule has 0 aliphatic carbocycles. The molecule has 2 heterocycles. The summed E-state index contributed by atoms with van der Waals surface area (Å²) in [5.41, 5.74) is 2.20. The zero-order valence-electron chi connectivity index (χ0n) is 8.06. The van der Waals surface area contributed by atoms with E-state index in [2.05, 4.69) is 9.88 Å². The van der Waals surface area contributed by atoms with E-state index in [0.717, 1.165) is 30.5 Å². The lowest BCUT2D eigenvalue weighted by Crippen LogP contribution is -2.27. The average Bonchev–Trinajstić information content (AvgIpc) is 2.63. The molecule has 0 bridgehead atoms. The number of hydrogen-bond acceptors (Lipinski definition) is 1. The number of nitrogens with one attached hydrogen (secondary N) is 1. The van der Waals surface area contributed by atoms with E-state index in [1.165, 1.54) is 11.8 Å². The first-order chi connectivity index (χ1) is 7.27. The van der Waals surface area contributed by atoms with Crippen molar-refractivity contribution < 1.29 is 4.39 Å². The van der Waals surface area contributed by atoms with Gasteiger partial charge in [0.2, 0.25) is 0 Å². The van der Waals surface area contributed by atoms with E-state index >= 15 is 0 Å². The topological polar surface area (TPSA) is 17.0 Å². The minimum absolute atomic E-state index is 0.231. The SMILES string of the molecule is Fc1ccc2c(cc3n2CCNC3)c1Cl. The molecule has 1 aliphatic heterocycles. The Labute approximate surface area is 91.6 Å². The Morgan fingerprint density at radius 3 is 3.13 bits per heavy atom. The minimum Gasteiger partial charge on any atom is -0.342 e. The summed E-state index contributed by atoms with van der Waals surface area (Å²) in [5.74, 6) is -0.347. The molecule has 1 aromatic carbocycles. The van der Waals surface area contributed by atoms with E-state index in [4.69, 9.17) is 11.6 Å². The van der Waals surface area contributed by atoms with Crippen molar-refractivity contribution >= 4 is 22.5 Å². The van der Waals surface area contributed by atoms with Gasteiger partial charge >= 0.3 is 0 Å². The Morgan fingerprint density at radius 2 is 2.27 bits per heavy atom. The summed E-state index contributed by atoms with van der Waals surface area (Å²) in [5, 5.41) is 4.32. The van der Waals surface area contributed by atoms with Crippen LogP contribution in [0.2, 0.25) is 5.02 Å². The zero-order valence-corrected chi connectivity index (χ0v) is 8.81.